The number of rotatable bonds is 8. The zero-order chi connectivity index (χ0) is 17.5. The highest BCUT2D eigenvalue weighted by Crippen LogP contribution is 2.26. The molecule has 1 unspecified atom stereocenters. The topological polar surface area (TPSA) is 59.0 Å². The minimum absolute atomic E-state index is 0.159. The van der Waals surface area contributed by atoms with Crippen LogP contribution in [0, 0.1) is 0 Å². The number of aromatic carboxylic acids is 1. The fourth-order valence-electron chi connectivity index (χ4n) is 2.54. The van der Waals surface area contributed by atoms with Crippen LogP contribution in [0.4, 0.5) is 0 Å². The molecule has 2 rings (SSSR count). The normalized spacial score (nSPS) is 12.2. The summed E-state index contributed by atoms with van der Waals surface area (Å²) in [7, 11) is 5.64. The van der Waals surface area contributed by atoms with Crippen LogP contribution in [0.2, 0.25) is 0 Å². The van der Waals surface area contributed by atoms with Crippen molar-refractivity contribution >= 4 is 5.97 Å². The van der Waals surface area contributed by atoms with Crippen LogP contribution >= 0.6 is 0 Å². The van der Waals surface area contributed by atoms with E-state index in [1.165, 1.54) is 0 Å². The first-order valence-electron chi connectivity index (χ1n) is 7.71. The zero-order valence-electron chi connectivity index (χ0n) is 14.2. The average molecular weight is 329 g/mol. The summed E-state index contributed by atoms with van der Waals surface area (Å²) in [5.41, 5.74) is 2.52. The molecule has 0 spiro atoms. The number of carboxylic acid groups (broad SMARTS) is 1. The number of likely N-dealkylation sites (N-methyl/N-ethyl adjacent to an activating group) is 1. The molecule has 0 aromatic heterocycles. The molecular formula is C19H23NO4. The summed E-state index contributed by atoms with van der Waals surface area (Å²) < 4.78 is 10.5. The van der Waals surface area contributed by atoms with Gasteiger partial charge in [-0.2, -0.15) is 0 Å². The van der Waals surface area contributed by atoms with E-state index in [4.69, 9.17) is 14.6 Å². The van der Waals surface area contributed by atoms with Gasteiger partial charge in [-0.15, -0.1) is 0 Å². The third-order valence-electron chi connectivity index (χ3n) is 3.84. The summed E-state index contributed by atoms with van der Waals surface area (Å²) in [5, 5.41) is 8.99. The number of hydrogen-bond donors (Lipinski definition) is 1. The van der Waals surface area contributed by atoms with Gasteiger partial charge in [-0.05, 0) is 55.9 Å². The Morgan fingerprint density at radius 2 is 1.88 bits per heavy atom. The van der Waals surface area contributed by atoms with Crippen LogP contribution in [0.25, 0.3) is 0 Å². The molecule has 0 fully saturated rings. The Hall–Kier alpha value is -2.37. The van der Waals surface area contributed by atoms with E-state index in [-0.39, 0.29) is 12.8 Å². The van der Waals surface area contributed by atoms with Crippen LogP contribution in [0.15, 0.2) is 48.5 Å². The lowest BCUT2D eigenvalue weighted by molar-refractivity contribution is 0.0510. The van der Waals surface area contributed by atoms with E-state index in [0.717, 1.165) is 23.3 Å². The highest BCUT2D eigenvalue weighted by molar-refractivity contribution is 5.87. The highest BCUT2D eigenvalue weighted by Gasteiger charge is 2.16. The summed E-state index contributed by atoms with van der Waals surface area (Å²) in [6.45, 7) is 0.215. The van der Waals surface area contributed by atoms with Crippen LogP contribution in [-0.4, -0.2) is 44.0 Å². The number of ether oxygens (including phenoxy) is 2. The maximum absolute atomic E-state index is 11.0. The van der Waals surface area contributed by atoms with E-state index >= 15 is 0 Å². The van der Waals surface area contributed by atoms with Gasteiger partial charge < -0.3 is 19.5 Å². The quantitative estimate of drug-likeness (QED) is 0.754. The molecule has 5 nitrogen and oxygen atoms in total. The number of methoxy groups -OCH3 is 1. The molecule has 0 heterocycles. The van der Waals surface area contributed by atoms with Crippen molar-refractivity contribution in [3.05, 3.63) is 65.2 Å². The van der Waals surface area contributed by atoms with Gasteiger partial charge in [0, 0.05) is 13.2 Å². The molecule has 5 heteroatoms. The van der Waals surface area contributed by atoms with Crippen molar-refractivity contribution in [3.63, 3.8) is 0 Å². The van der Waals surface area contributed by atoms with Gasteiger partial charge in [0.25, 0.3) is 0 Å². The lowest BCUT2D eigenvalue weighted by Crippen LogP contribution is -2.22. The summed E-state index contributed by atoms with van der Waals surface area (Å²) >= 11 is 0. The summed E-state index contributed by atoms with van der Waals surface area (Å²) in [6.07, 6.45) is 0.778. The predicted molar refractivity (Wildman–Crippen MR) is 92.5 cm³/mol. The second-order valence-electron chi connectivity index (χ2n) is 5.81. The number of carbonyl (C=O) groups is 1. The Labute approximate surface area is 142 Å². The molecule has 1 atom stereocenters. The van der Waals surface area contributed by atoms with Crippen LogP contribution < -0.4 is 4.74 Å². The van der Waals surface area contributed by atoms with Gasteiger partial charge in [0.1, 0.15) is 5.75 Å². The van der Waals surface area contributed by atoms with Crippen molar-refractivity contribution in [2.75, 3.05) is 28.0 Å². The molecule has 0 aliphatic rings. The molecule has 0 saturated heterocycles. The molecule has 0 saturated carbocycles. The number of hydrogen-bond acceptors (Lipinski definition) is 4. The van der Waals surface area contributed by atoms with Gasteiger partial charge in [0.15, 0.2) is 6.79 Å². The first kappa shape index (κ1) is 18.0. The molecule has 0 radical (unpaired) electrons. The van der Waals surface area contributed by atoms with Gasteiger partial charge in [-0.3, -0.25) is 0 Å². The van der Waals surface area contributed by atoms with E-state index in [1.54, 1.807) is 19.2 Å². The Bertz CT molecular complexity index is 667. The van der Waals surface area contributed by atoms with Crippen molar-refractivity contribution in [2.24, 2.45) is 0 Å². The van der Waals surface area contributed by atoms with Crippen molar-refractivity contribution in [1.82, 2.24) is 4.90 Å². The zero-order valence-corrected chi connectivity index (χ0v) is 14.2. The summed E-state index contributed by atoms with van der Waals surface area (Å²) in [6, 6.07) is 15.1. The minimum Gasteiger partial charge on any atom is -0.478 e. The maximum Gasteiger partial charge on any atom is 0.335 e. The van der Waals surface area contributed by atoms with E-state index in [9.17, 15) is 4.79 Å². The fourth-order valence-corrected chi connectivity index (χ4v) is 2.54. The standard InChI is InChI=1S/C19H23NO4/c1-20(2)18(11-14-7-9-15(10-8-14)19(21)22)16-5-4-6-17(12-16)24-13-23-3/h4-10,12,18H,11,13H2,1-3H3,(H,21,22). The number of nitrogens with zero attached hydrogens (tertiary/aromatic N) is 1. The Balaban J connectivity index is 2.18. The SMILES string of the molecule is COCOc1cccc(C(Cc2ccc(C(=O)O)cc2)N(C)C)c1. The second-order valence-corrected chi connectivity index (χ2v) is 5.81. The van der Waals surface area contributed by atoms with Crippen LogP contribution in [0.5, 0.6) is 5.75 Å². The molecule has 0 aliphatic heterocycles. The largest absolute Gasteiger partial charge is 0.478 e. The number of benzene rings is 2. The Kier molecular flexibility index (Phi) is 6.35. The molecule has 0 aliphatic carbocycles. The maximum atomic E-state index is 11.0. The molecule has 24 heavy (non-hydrogen) atoms. The molecule has 0 amide bonds. The first-order chi connectivity index (χ1) is 11.5. The number of carboxylic acids is 1. The van der Waals surface area contributed by atoms with Crippen LogP contribution in [-0.2, 0) is 11.2 Å². The fraction of sp³-hybridized carbons (Fsp3) is 0.316. The Morgan fingerprint density at radius 1 is 1.17 bits per heavy atom. The van der Waals surface area contributed by atoms with E-state index in [0.29, 0.717) is 5.56 Å². The van der Waals surface area contributed by atoms with Crippen molar-refractivity contribution in [2.45, 2.75) is 12.5 Å². The molecule has 2 aromatic carbocycles. The second kappa shape index (κ2) is 8.47. The minimum atomic E-state index is -0.909. The highest BCUT2D eigenvalue weighted by atomic mass is 16.7. The van der Waals surface area contributed by atoms with Crippen molar-refractivity contribution < 1.29 is 19.4 Å². The van der Waals surface area contributed by atoms with E-state index in [2.05, 4.69) is 11.0 Å². The molecule has 1 N–H and O–H groups in total. The van der Waals surface area contributed by atoms with Crippen LogP contribution in [0.1, 0.15) is 27.5 Å². The van der Waals surface area contributed by atoms with Gasteiger partial charge in [0.05, 0.1) is 5.56 Å². The summed E-state index contributed by atoms with van der Waals surface area (Å²) in [5.74, 6) is -0.142. The van der Waals surface area contributed by atoms with Gasteiger partial charge >= 0.3 is 5.97 Å². The Morgan fingerprint density at radius 3 is 2.46 bits per heavy atom. The lowest BCUT2D eigenvalue weighted by Gasteiger charge is -2.25. The molecule has 2 aromatic rings. The third-order valence-corrected chi connectivity index (χ3v) is 3.84. The smallest absolute Gasteiger partial charge is 0.335 e. The first-order valence-corrected chi connectivity index (χ1v) is 7.71. The van der Waals surface area contributed by atoms with Gasteiger partial charge in [-0.1, -0.05) is 24.3 Å². The van der Waals surface area contributed by atoms with E-state index in [1.807, 2.05) is 44.4 Å². The third kappa shape index (κ3) is 4.81. The van der Waals surface area contributed by atoms with Crippen LogP contribution in [0.3, 0.4) is 0 Å². The summed E-state index contributed by atoms with van der Waals surface area (Å²) in [4.78, 5) is 13.1. The molecule has 0 bridgehead atoms. The molecule has 128 valence electrons. The monoisotopic (exact) mass is 329 g/mol. The van der Waals surface area contributed by atoms with Crippen molar-refractivity contribution in [1.29, 1.82) is 0 Å². The van der Waals surface area contributed by atoms with E-state index < -0.39 is 5.97 Å². The molecular weight excluding hydrogens is 306 g/mol. The van der Waals surface area contributed by atoms with Gasteiger partial charge in [-0.25, -0.2) is 4.79 Å². The lowest BCUT2D eigenvalue weighted by atomic mass is 9.97. The predicted octanol–water partition coefficient (Wildman–Crippen LogP) is 3.21. The van der Waals surface area contributed by atoms with Gasteiger partial charge in [0.2, 0.25) is 0 Å². The van der Waals surface area contributed by atoms with Crippen molar-refractivity contribution in [3.8, 4) is 5.75 Å². The average Bonchev–Trinajstić information content (AvgIpc) is 2.58.